The van der Waals surface area contributed by atoms with Crippen LogP contribution in [-0.4, -0.2) is 39.6 Å². The number of benzene rings is 1. The van der Waals surface area contributed by atoms with Crippen LogP contribution in [0.25, 0.3) is 0 Å². The number of nitrogens with one attached hydrogen (secondary N) is 1. The molecule has 0 bridgehead atoms. The second-order valence-corrected chi connectivity index (χ2v) is 7.71. The van der Waals surface area contributed by atoms with Crippen molar-refractivity contribution >= 4 is 15.5 Å². The molecule has 0 aromatic heterocycles. The van der Waals surface area contributed by atoms with Crippen LogP contribution in [0.1, 0.15) is 31.9 Å². The predicted octanol–water partition coefficient (Wildman–Crippen LogP) is 1.98. The van der Waals surface area contributed by atoms with Gasteiger partial charge in [0.05, 0.1) is 11.5 Å². The van der Waals surface area contributed by atoms with E-state index >= 15 is 0 Å². The topological polar surface area (TPSA) is 49.4 Å². The highest BCUT2D eigenvalue weighted by Gasteiger charge is 2.22. The highest BCUT2D eigenvalue weighted by atomic mass is 32.2. The molecule has 5 heteroatoms. The van der Waals surface area contributed by atoms with Gasteiger partial charge in [-0.3, -0.25) is 0 Å². The molecule has 1 aliphatic rings. The van der Waals surface area contributed by atoms with Gasteiger partial charge in [-0.25, -0.2) is 8.42 Å². The summed E-state index contributed by atoms with van der Waals surface area (Å²) >= 11 is 0. The first-order valence-electron chi connectivity index (χ1n) is 7.30. The zero-order valence-corrected chi connectivity index (χ0v) is 13.1. The van der Waals surface area contributed by atoms with Crippen LogP contribution in [0.4, 0.5) is 5.69 Å². The molecule has 112 valence electrons. The Kier molecular flexibility index (Phi) is 5.05. The monoisotopic (exact) mass is 296 g/mol. The number of hydrogen-bond acceptors (Lipinski definition) is 4. The van der Waals surface area contributed by atoms with Crippen LogP contribution in [0.15, 0.2) is 24.3 Å². The Bertz CT molecular complexity index is 529. The molecule has 4 nitrogen and oxygen atoms in total. The maximum Gasteiger partial charge on any atom is 0.153 e. The first kappa shape index (κ1) is 15.3. The molecule has 0 saturated carbocycles. The SMILES string of the molecule is CCCNC(C)c1cccc(N2CCS(=O)(=O)CC2)c1. The lowest BCUT2D eigenvalue weighted by molar-refractivity contribution is 0.570. The summed E-state index contributed by atoms with van der Waals surface area (Å²) in [7, 11) is -2.82. The fraction of sp³-hybridized carbons (Fsp3) is 0.600. The van der Waals surface area contributed by atoms with Crippen LogP contribution in [0.3, 0.4) is 0 Å². The van der Waals surface area contributed by atoms with Crippen LogP contribution >= 0.6 is 0 Å². The smallest absolute Gasteiger partial charge is 0.153 e. The zero-order valence-electron chi connectivity index (χ0n) is 12.3. The van der Waals surface area contributed by atoms with Gasteiger partial charge in [0, 0.05) is 24.8 Å². The van der Waals surface area contributed by atoms with Crippen molar-refractivity contribution in [3.63, 3.8) is 0 Å². The van der Waals surface area contributed by atoms with Gasteiger partial charge in [-0.05, 0) is 37.6 Å². The first-order chi connectivity index (χ1) is 9.52. The molecule has 1 atom stereocenters. The van der Waals surface area contributed by atoms with E-state index in [2.05, 4.69) is 48.3 Å². The molecule has 1 fully saturated rings. The van der Waals surface area contributed by atoms with E-state index in [0.29, 0.717) is 19.1 Å². The van der Waals surface area contributed by atoms with Gasteiger partial charge in [0.2, 0.25) is 0 Å². The molecule has 0 amide bonds. The van der Waals surface area contributed by atoms with Gasteiger partial charge >= 0.3 is 0 Å². The second-order valence-electron chi connectivity index (χ2n) is 5.41. The van der Waals surface area contributed by atoms with E-state index in [1.807, 2.05) is 0 Å². The van der Waals surface area contributed by atoms with Gasteiger partial charge < -0.3 is 10.2 Å². The van der Waals surface area contributed by atoms with Crippen molar-refractivity contribution in [2.24, 2.45) is 0 Å². The highest BCUT2D eigenvalue weighted by molar-refractivity contribution is 7.91. The maximum atomic E-state index is 11.5. The van der Waals surface area contributed by atoms with Crippen molar-refractivity contribution in [1.29, 1.82) is 0 Å². The van der Waals surface area contributed by atoms with Crippen LogP contribution in [-0.2, 0) is 9.84 Å². The second kappa shape index (κ2) is 6.59. The molecule has 0 radical (unpaired) electrons. The van der Waals surface area contributed by atoms with Gasteiger partial charge in [0.15, 0.2) is 9.84 Å². The fourth-order valence-electron chi connectivity index (χ4n) is 2.44. The van der Waals surface area contributed by atoms with E-state index < -0.39 is 9.84 Å². The summed E-state index contributed by atoms with van der Waals surface area (Å²) < 4.78 is 23.0. The van der Waals surface area contributed by atoms with Crippen LogP contribution in [0.2, 0.25) is 0 Å². The average molecular weight is 296 g/mol. The number of hydrogen-bond donors (Lipinski definition) is 1. The molecule has 1 saturated heterocycles. The number of rotatable bonds is 5. The van der Waals surface area contributed by atoms with Crippen molar-refractivity contribution < 1.29 is 8.42 Å². The molecule has 1 aromatic rings. The van der Waals surface area contributed by atoms with Crippen LogP contribution in [0.5, 0.6) is 0 Å². The molecular formula is C15H24N2O2S. The third-order valence-electron chi connectivity index (χ3n) is 3.78. The Morgan fingerprint density at radius 3 is 2.65 bits per heavy atom. The molecule has 1 aliphatic heterocycles. The van der Waals surface area contributed by atoms with Gasteiger partial charge in [-0.15, -0.1) is 0 Å². The average Bonchev–Trinajstić information content (AvgIpc) is 2.45. The fourth-order valence-corrected chi connectivity index (χ4v) is 3.64. The molecule has 20 heavy (non-hydrogen) atoms. The van der Waals surface area contributed by atoms with Crippen LogP contribution < -0.4 is 10.2 Å². The Labute approximate surface area is 122 Å². The van der Waals surface area contributed by atoms with E-state index in [-0.39, 0.29) is 11.5 Å². The summed E-state index contributed by atoms with van der Waals surface area (Å²) in [5.41, 5.74) is 2.38. The summed E-state index contributed by atoms with van der Waals surface area (Å²) in [5.74, 6) is 0.529. The minimum absolute atomic E-state index is 0.265. The Morgan fingerprint density at radius 2 is 2.00 bits per heavy atom. The van der Waals surface area contributed by atoms with Crippen molar-refractivity contribution in [3.05, 3.63) is 29.8 Å². The van der Waals surface area contributed by atoms with Gasteiger partial charge in [0.1, 0.15) is 0 Å². The minimum atomic E-state index is -2.82. The molecule has 2 rings (SSSR count). The maximum absolute atomic E-state index is 11.5. The lowest BCUT2D eigenvalue weighted by Crippen LogP contribution is -2.40. The molecule has 1 N–H and O–H groups in total. The molecule has 1 heterocycles. The molecule has 1 unspecified atom stereocenters. The lowest BCUT2D eigenvalue weighted by Gasteiger charge is -2.29. The quantitative estimate of drug-likeness (QED) is 0.902. The summed E-state index contributed by atoms with van der Waals surface area (Å²) in [5, 5.41) is 3.48. The van der Waals surface area contributed by atoms with Gasteiger partial charge in [0.25, 0.3) is 0 Å². The molecule has 0 aliphatic carbocycles. The van der Waals surface area contributed by atoms with Crippen LogP contribution in [0, 0.1) is 0 Å². The Balaban J connectivity index is 2.06. The third-order valence-corrected chi connectivity index (χ3v) is 5.39. The largest absolute Gasteiger partial charge is 0.369 e. The van der Waals surface area contributed by atoms with E-state index in [0.717, 1.165) is 18.7 Å². The van der Waals surface area contributed by atoms with Crippen molar-refractivity contribution in [2.75, 3.05) is 36.0 Å². The van der Waals surface area contributed by atoms with Crippen molar-refractivity contribution in [1.82, 2.24) is 5.32 Å². The summed E-state index contributed by atoms with van der Waals surface area (Å²) in [6.07, 6.45) is 1.12. The summed E-state index contributed by atoms with van der Waals surface area (Å²) in [6.45, 7) is 6.53. The zero-order chi connectivity index (χ0) is 14.6. The molecule has 0 spiro atoms. The van der Waals surface area contributed by atoms with E-state index in [1.165, 1.54) is 5.56 Å². The van der Waals surface area contributed by atoms with Crippen molar-refractivity contribution in [2.45, 2.75) is 26.3 Å². The number of anilines is 1. The van der Waals surface area contributed by atoms with Crippen molar-refractivity contribution in [3.8, 4) is 0 Å². The molecular weight excluding hydrogens is 272 g/mol. The number of nitrogens with zero attached hydrogens (tertiary/aromatic N) is 1. The minimum Gasteiger partial charge on any atom is -0.369 e. The lowest BCUT2D eigenvalue weighted by atomic mass is 10.1. The summed E-state index contributed by atoms with van der Waals surface area (Å²) in [6, 6.07) is 8.73. The highest BCUT2D eigenvalue weighted by Crippen LogP contribution is 2.22. The van der Waals surface area contributed by atoms with E-state index in [9.17, 15) is 8.42 Å². The normalized spacial score (nSPS) is 19.8. The number of sulfone groups is 1. The van der Waals surface area contributed by atoms with Gasteiger partial charge in [-0.1, -0.05) is 19.1 Å². The van der Waals surface area contributed by atoms with E-state index in [1.54, 1.807) is 0 Å². The van der Waals surface area contributed by atoms with Gasteiger partial charge in [-0.2, -0.15) is 0 Å². The standard InChI is InChI=1S/C15H24N2O2S/c1-3-7-16-13(2)14-5-4-6-15(12-14)17-8-10-20(18,19)11-9-17/h4-6,12-13,16H,3,7-11H2,1-2H3. The molecule has 1 aromatic carbocycles. The third kappa shape index (κ3) is 3.96. The first-order valence-corrected chi connectivity index (χ1v) is 9.12. The van der Waals surface area contributed by atoms with E-state index in [4.69, 9.17) is 0 Å². The summed E-state index contributed by atoms with van der Waals surface area (Å²) in [4.78, 5) is 2.16. The Morgan fingerprint density at radius 1 is 1.30 bits per heavy atom. The Hall–Kier alpha value is -1.07. The predicted molar refractivity (Wildman–Crippen MR) is 84.0 cm³/mol.